The third-order valence-corrected chi connectivity index (χ3v) is 3.75. The fourth-order valence-corrected chi connectivity index (χ4v) is 2.57. The summed E-state index contributed by atoms with van der Waals surface area (Å²) >= 11 is 0. The largest absolute Gasteiger partial charge is 0.393 e. The molecule has 1 atom stereocenters. The number of nitro groups is 1. The summed E-state index contributed by atoms with van der Waals surface area (Å²) in [7, 11) is 0. The number of non-ortho nitro benzene ring substituents is 1. The molecule has 0 spiro atoms. The molecule has 1 heterocycles. The maximum atomic E-state index is 13.9. The lowest BCUT2D eigenvalue weighted by atomic mass is 9.92. The third kappa shape index (κ3) is 2.87. The molecule has 2 rings (SSSR count). The molecular formula is C13H16F2N2O3. The second-order valence-corrected chi connectivity index (χ2v) is 5.08. The van der Waals surface area contributed by atoms with Crippen LogP contribution in [0.25, 0.3) is 0 Å². The molecule has 7 heteroatoms. The van der Waals surface area contributed by atoms with Gasteiger partial charge >= 0.3 is 0 Å². The summed E-state index contributed by atoms with van der Waals surface area (Å²) in [5.74, 6) is -1.73. The minimum Gasteiger partial charge on any atom is -0.393 e. The summed E-state index contributed by atoms with van der Waals surface area (Å²) in [5, 5.41) is 20.0. The van der Waals surface area contributed by atoms with Gasteiger partial charge in [0.15, 0.2) is 11.6 Å². The number of piperidine rings is 1. The molecule has 1 unspecified atom stereocenters. The summed E-state index contributed by atoms with van der Waals surface area (Å²) < 4.78 is 27.8. The average Bonchev–Trinajstić information content (AvgIpc) is 2.38. The van der Waals surface area contributed by atoms with Crippen molar-refractivity contribution in [3.05, 3.63) is 33.9 Å². The number of anilines is 1. The highest BCUT2D eigenvalue weighted by Crippen LogP contribution is 2.31. The predicted molar refractivity (Wildman–Crippen MR) is 69.6 cm³/mol. The monoisotopic (exact) mass is 286 g/mol. The summed E-state index contributed by atoms with van der Waals surface area (Å²) in [6.07, 6.45) is 0.824. The minimum absolute atomic E-state index is 0.121. The Balaban J connectivity index is 2.20. The Hall–Kier alpha value is -1.76. The summed E-state index contributed by atoms with van der Waals surface area (Å²) in [5.41, 5.74) is -0.817. The van der Waals surface area contributed by atoms with Crippen molar-refractivity contribution in [3.63, 3.8) is 0 Å². The van der Waals surface area contributed by atoms with Crippen LogP contribution in [0.15, 0.2) is 12.1 Å². The Bertz CT molecular complexity index is 491. The first kappa shape index (κ1) is 14.6. The summed E-state index contributed by atoms with van der Waals surface area (Å²) in [4.78, 5) is 11.3. The molecular weight excluding hydrogens is 270 g/mol. The molecule has 0 saturated carbocycles. The number of aliphatic hydroxyl groups is 1. The van der Waals surface area contributed by atoms with Crippen LogP contribution in [-0.4, -0.2) is 29.2 Å². The van der Waals surface area contributed by atoms with E-state index in [2.05, 4.69) is 0 Å². The Morgan fingerprint density at radius 2 is 1.85 bits per heavy atom. The zero-order valence-electron chi connectivity index (χ0n) is 11.1. The van der Waals surface area contributed by atoms with E-state index in [1.807, 2.05) is 0 Å². The van der Waals surface area contributed by atoms with Crippen molar-refractivity contribution >= 4 is 11.4 Å². The number of hydrogen-bond donors (Lipinski definition) is 1. The lowest BCUT2D eigenvalue weighted by Gasteiger charge is -2.34. The van der Waals surface area contributed by atoms with Gasteiger partial charge in [-0.2, -0.15) is 0 Å². The van der Waals surface area contributed by atoms with Crippen molar-refractivity contribution < 1.29 is 18.8 Å². The second kappa shape index (κ2) is 5.70. The van der Waals surface area contributed by atoms with E-state index in [4.69, 9.17) is 0 Å². The number of nitro benzene ring substituents is 1. The zero-order valence-corrected chi connectivity index (χ0v) is 11.1. The van der Waals surface area contributed by atoms with Crippen LogP contribution in [0.4, 0.5) is 20.2 Å². The Labute approximate surface area is 115 Å². The molecule has 0 amide bonds. The molecule has 1 fully saturated rings. The van der Waals surface area contributed by atoms with Gasteiger partial charge in [-0.3, -0.25) is 10.1 Å². The lowest BCUT2D eigenvalue weighted by molar-refractivity contribution is -0.385. The van der Waals surface area contributed by atoms with Crippen molar-refractivity contribution in [3.8, 4) is 0 Å². The van der Waals surface area contributed by atoms with Crippen molar-refractivity contribution in [2.75, 3.05) is 18.0 Å². The van der Waals surface area contributed by atoms with Crippen LogP contribution < -0.4 is 4.90 Å². The van der Waals surface area contributed by atoms with Gasteiger partial charge < -0.3 is 10.0 Å². The van der Waals surface area contributed by atoms with Gasteiger partial charge in [-0.1, -0.05) is 0 Å². The van der Waals surface area contributed by atoms with Crippen LogP contribution in [-0.2, 0) is 0 Å². The number of benzene rings is 1. The maximum absolute atomic E-state index is 13.9. The van der Waals surface area contributed by atoms with Crippen LogP contribution in [0.3, 0.4) is 0 Å². The first-order valence-electron chi connectivity index (χ1n) is 6.46. The highest BCUT2D eigenvalue weighted by atomic mass is 19.1. The summed E-state index contributed by atoms with van der Waals surface area (Å²) in [6.45, 7) is 2.54. The zero-order chi connectivity index (χ0) is 14.9. The third-order valence-electron chi connectivity index (χ3n) is 3.75. The SMILES string of the molecule is CC(O)C1CCN(c2c(F)cc([N+](=O)[O-])cc2F)CC1. The van der Waals surface area contributed by atoms with Gasteiger partial charge in [0.2, 0.25) is 0 Å². The molecule has 1 saturated heterocycles. The number of nitrogens with zero attached hydrogens (tertiary/aromatic N) is 2. The smallest absolute Gasteiger partial charge is 0.275 e. The molecule has 5 nitrogen and oxygen atoms in total. The number of hydrogen-bond acceptors (Lipinski definition) is 4. The molecule has 1 aliphatic rings. The quantitative estimate of drug-likeness (QED) is 0.684. The molecule has 1 N–H and O–H groups in total. The topological polar surface area (TPSA) is 66.6 Å². The van der Waals surface area contributed by atoms with Gasteiger partial charge in [0.05, 0.1) is 23.2 Å². The van der Waals surface area contributed by atoms with Gasteiger partial charge in [0.1, 0.15) is 5.69 Å². The van der Waals surface area contributed by atoms with E-state index in [1.54, 1.807) is 6.92 Å². The molecule has 1 aliphatic heterocycles. The number of rotatable bonds is 3. The second-order valence-electron chi connectivity index (χ2n) is 5.08. The molecule has 1 aromatic rings. The van der Waals surface area contributed by atoms with Gasteiger partial charge in [-0.15, -0.1) is 0 Å². The van der Waals surface area contributed by atoms with E-state index >= 15 is 0 Å². The van der Waals surface area contributed by atoms with Gasteiger partial charge in [-0.05, 0) is 25.7 Å². The van der Waals surface area contributed by atoms with E-state index in [-0.39, 0.29) is 11.6 Å². The summed E-state index contributed by atoms with van der Waals surface area (Å²) in [6, 6.07) is 1.47. The Morgan fingerprint density at radius 1 is 1.35 bits per heavy atom. The number of halogens is 2. The van der Waals surface area contributed by atoms with Gasteiger partial charge in [0.25, 0.3) is 5.69 Å². The molecule has 0 bridgehead atoms. The van der Waals surface area contributed by atoms with Crippen LogP contribution in [0.5, 0.6) is 0 Å². The van der Waals surface area contributed by atoms with Crippen molar-refractivity contribution in [2.45, 2.75) is 25.9 Å². The molecule has 1 aromatic carbocycles. The van der Waals surface area contributed by atoms with Crippen LogP contribution in [0.1, 0.15) is 19.8 Å². The molecule has 0 aromatic heterocycles. The standard InChI is InChI=1S/C13H16F2N2O3/c1-8(18)9-2-4-16(5-3-9)13-11(14)6-10(17(19)20)7-12(13)15/h6-9,18H,2-5H2,1H3. The molecule has 0 radical (unpaired) electrons. The first-order chi connectivity index (χ1) is 9.40. The first-order valence-corrected chi connectivity index (χ1v) is 6.46. The van der Waals surface area contributed by atoms with Crippen LogP contribution in [0.2, 0.25) is 0 Å². The average molecular weight is 286 g/mol. The van der Waals surface area contributed by atoms with Crippen molar-refractivity contribution in [1.29, 1.82) is 0 Å². The highest BCUT2D eigenvalue weighted by molar-refractivity contribution is 5.54. The van der Waals surface area contributed by atoms with Crippen LogP contribution in [0, 0.1) is 27.7 Å². The minimum atomic E-state index is -0.924. The Kier molecular flexibility index (Phi) is 4.17. The maximum Gasteiger partial charge on any atom is 0.275 e. The predicted octanol–water partition coefficient (Wildman–Crippen LogP) is 2.47. The van der Waals surface area contributed by atoms with Crippen molar-refractivity contribution in [2.24, 2.45) is 5.92 Å². The van der Waals surface area contributed by atoms with Gasteiger partial charge in [-0.25, -0.2) is 8.78 Å². The normalized spacial score (nSPS) is 18.1. The van der Waals surface area contributed by atoms with E-state index in [9.17, 15) is 24.0 Å². The van der Waals surface area contributed by atoms with E-state index in [1.165, 1.54) is 4.90 Å². The molecule has 0 aliphatic carbocycles. The lowest BCUT2D eigenvalue weighted by Crippen LogP contribution is -2.38. The van der Waals surface area contributed by atoms with Crippen molar-refractivity contribution in [1.82, 2.24) is 0 Å². The van der Waals surface area contributed by atoms with E-state index in [0.29, 0.717) is 25.9 Å². The fourth-order valence-electron chi connectivity index (χ4n) is 2.57. The fraction of sp³-hybridized carbons (Fsp3) is 0.538. The molecule has 110 valence electrons. The molecule has 20 heavy (non-hydrogen) atoms. The Morgan fingerprint density at radius 3 is 2.25 bits per heavy atom. The van der Waals surface area contributed by atoms with E-state index < -0.39 is 28.3 Å². The van der Waals surface area contributed by atoms with E-state index in [0.717, 1.165) is 12.1 Å². The van der Waals surface area contributed by atoms with Gasteiger partial charge in [0, 0.05) is 13.1 Å². The number of aliphatic hydroxyl groups excluding tert-OH is 1. The highest BCUT2D eigenvalue weighted by Gasteiger charge is 2.27. The van der Waals surface area contributed by atoms with Crippen LogP contribution >= 0.6 is 0 Å².